The Bertz CT molecular complexity index is 1600. The Morgan fingerprint density at radius 1 is 0.957 bits per heavy atom. The number of sulfonamides is 1. The van der Waals surface area contributed by atoms with Crippen molar-refractivity contribution in [2.24, 2.45) is 5.92 Å². The minimum atomic E-state index is -3.23. The van der Waals surface area contributed by atoms with E-state index >= 15 is 0 Å². The average molecular weight is 669 g/mol. The number of nitrogens with zero attached hydrogens (tertiary/aromatic N) is 1. The number of hydrogen-bond donors (Lipinski definition) is 3. The zero-order valence-corrected chi connectivity index (χ0v) is 28.0. The number of rotatable bonds is 14. The summed E-state index contributed by atoms with van der Waals surface area (Å²) in [5, 5.41) is 21.7. The van der Waals surface area contributed by atoms with Gasteiger partial charge < -0.3 is 24.6 Å². The van der Waals surface area contributed by atoms with Crippen molar-refractivity contribution in [1.29, 1.82) is 0 Å². The van der Waals surface area contributed by atoms with Gasteiger partial charge >= 0.3 is 0 Å². The van der Waals surface area contributed by atoms with Crippen LogP contribution in [0.15, 0.2) is 72.8 Å². The van der Waals surface area contributed by atoms with Crippen molar-refractivity contribution in [3.8, 4) is 0 Å². The fourth-order valence-electron chi connectivity index (χ4n) is 6.16. The molecule has 11 heteroatoms. The molecule has 1 amide bonds. The molecule has 0 aliphatic carbocycles. The van der Waals surface area contributed by atoms with Crippen molar-refractivity contribution in [3.05, 3.63) is 101 Å². The predicted molar refractivity (Wildman–Crippen MR) is 178 cm³/mol. The van der Waals surface area contributed by atoms with Crippen molar-refractivity contribution >= 4 is 21.6 Å². The number of ether oxygens (including phenoxy) is 2. The van der Waals surface area contributed by atoms with Gasteiger partial charge in [0, 0.05) is 12.2 Å². The minimum Gasteiger partial charge on any atom is -0.388 e. The van der Waals surface area contributed by atoms with Crippen molar-refractivity contribution in [1.82, 2.24) is 4.72 Å². The van der Waals surface area contributed by atoms with Crippen LogP contribution in [-0.4, -0.2) is 61.9 Å². The zero-order valence-electron chi connectivity index (χ0n) is 27.2. The summed E-state index contributed by atoms with van der Waals surface area (Å²) in [6.45, 7) is 4.42. The van der Waals surface area contributed by atoms with Gasteiger partial charge in [-0.05, 0) is 98.9 Å². The number of β-lactam (4-membered cyclic amide) rings is 1. The lowest BCUT2D eigenvalue weighted by molar-refractivity contribution is -0.302. The van der Waals surface area contributed by atoms with Gasteiger partial charge in [0.2, 0.25) is 15.9 Å². The molecule has 9 nitrogen and oxygen atoms in total. The molecule has 2 aliphatic rings. The number of halogens is 1. The molecule has 3 aromatic carbocycles. The number of carbonyl (C=O) groups is 1. The van der Waals surface area contributed by atoms with Crippen LogP contribution in [0, 0.1) is 11.7 Å². The normalized spacial score (nSPS) is 21.3. The van der Waals surface area contributed by atoms with Gasteiger partial charge in [0.1, 0.15) is 11.4 Å². The predicted octanol–water partition coefficient (Wildman–Crippen LogP) is 4.97. The molecule has 2 fully saturated rings. The van der Waals surface area contributed by atoms with Crippen LogP contribution < -0.4 is 9.62 Å². The number of anilines is 1. The summed E-state index contributed by atoms with van der Waals surface area (Å²) < 4.78 is 49.9. The molecular weight excluding hydrogens is 623 g/mol. The molecule has 3 atom stereocenters. The second-order valence-corrected chi connectivity index (χ2v) is 15.1. The maximum atomic E-state index is 13.6. The number of aliphatic hydroxyl groups is 2. The van der Waals surface area contributed by atoms with Crippen molar-refractivity contribution in [3.63, 3.8) is 0 Å². The number of carbonyl (C=O) groups excluding carboxylic acids is 1. The Morgan fingerprint density at radius 3 is 2.17 bits per heavy atom. The van der Waals surface area contributed by atoms with Crippen LogP contribution in [-0.2, 0) is 37.1 Å². The molecule has 0 spiro atoms. The third kappa shape index (κ3) is 9.25. The monoisotopic (exact) mass is 668 g/mol. The van der Waals surface area contributed by atoms with Gasteiger partial charge in [-0.3, -0.25) is 4.79 Å². The molecule has 2 aliphatic heterocycles. The first-order valence-electron chi connectivity index (χ1n) is 16.1. The summed E-state index contributed by atoms with van der Waals surface area (Å²) in [6, 6.07) is 21.3. The van der Waals surface area contributed by atoms with Gasteiger partial charge in [0.05, 0.1) is 37.5 Å². The highest BCUT2D eigenvalue weighted by atomic mass is 32.2. The highest BCUT2D eigenvalue weighted by Gasteiger charge is 2.48. The highest BCUT2D eigenvalue weighted by Crippen LogP contribution is 2.46. The molecule has 3 unspecified atom stereocenters. The van der Waals surface area contributed by atoms with Gasteiger partial charge in [-0.15, -0.1) is 0 Å². The quantitative estimate of drug-likeness (QED) is 0.164. The fraction of sp³-hybridized carbons (Fsp3) is 0.472. The van der Waals surface area contributed by atoms with Crippen LogP contribution in [0.4, 0.5) is 10.1 Å². The van der Waals surface area contributed by atoms with Gasteiger partial charge in [0.15, 0.2) is 5.79 Å². The number of benzene rings is 3. The Hall–Kier alpha value is -3.19. The van der Waals surface area contributed by atoms with Crippen molar-refractivity contribution in [2.45, 2.75) is 75.9 Å². The molecule has 0 bridgehead atoms. The fourth-order valence-corrected chi connectivity index (χ4v) is 6.68. The largest absolute Gasteiger partial charge is 0.388 e. The molecule has 3 N–H and O–H groups in total. The topological polar surface area (TPSA) is 125 Å². The van der Waals surface area contributed by atoms with Crippen molar-refractivity contribution in [2.75, 3.05) is 30.9 Å². The molecule has 3 aromatic rings. The van der Waals surface area contributed by atoms with E-state index in [1.807, 2.05) is 62.4 Å². The third-order valence-electron chi connectivity index (χ3n) is 9.02. The van der Waals surface area contributed by atoms with E-state index in [9.17, 15) is 27.8 Å². The first-order valence-corrected chi connectivity index (χ1v) is 18.0. The van der Waals surface area contributed by atoms with Crippen LogP contribution in [0.5, 0.6) is 0 Å². The van der Waals surface area contributed by atoms with E-state index < -0.39 is 27.5 Å². The van der Waals surface area contributed by atoms with Crippen LogP contribution in [0.2, 0.25) is 0 Å². The Kier molecular flexibility index (Phi) is 10.8. The van der Waals surface area contributed by atoms with E-state index in [0.29, 0.717) is 50.6 Å². The highest BCUT2D eigenvalue weighted by molar-refractivity contribution is 7.88. The molecular formula is C36H45FN2O7S. The lowest BCUT2D eigenvalue weighted by Gasteiger charge is -2.48. The smallest absolute Gasteiger partial charge is 0.233 e. The molecule has 2 saturated heterocycles. The molecule has 5 rings (SSSR count). The Morgan fingerprint density at radius 2 is 1.55 bits per heavy atom. The standard InChI is InChI=1S/C36H45FN2O7S/c1-35(2)45-23-36(42,24-46-35)21-20-26-6-10-28(11-7-26)33-31(18-19-32(40)27-12-14-29(37)15-13-27)34(41)39(33)30-16-8-25(9-17-30)5-4-22-38-47(3,43)44/h6-17,31-33,38,40,42H,4-5,18-24H2,1-3H3. The average Bonchev–Trinajstić information content (AvgIpc) is 3.03. The van der Waals surface area contributed by atoms with E-state index in [4.69, 9.17) is 9.47 Å². The summed E-state index contributed by atoms with van der Waals surface area (Å²) >= 11 is 0. The Labute approximate surface area is 276 Å². The van der Waals surface area contributed by atoms with E-state index in [1.165, 1.54) is 12.1 Å². The van der Waals surface area contributed by atoms with E-state index in [2.05, 4.69) is 4.72 Å². The SMILES string of the molecule is CC1(C)OCC(O)(CCc2ccc(C3C(CCC(O)c4ccc(F)cc4)C(=O)N3c3ccc(CCCNS(C)(=O)=O)cc3)cc2)CO1. The van der Waals surface area contributed by atoms with Crippen LogP contribution in [0.25, 0.3) is 0 Å². The second-order valence-electron chi connectivity index (χ2n) is 13.3. The molecule has 47 heavy (non-hydrogen) atoms. The minimum absolute atomic E-state index is 0.0297. The number of hydrogen-bond acceptors (Lipinski definition) is 7. The summed E-state index contributed by atoms with van der Waals surface area (Å²) in [5.74, 6) is -1.45. The maximum absolute atomic E-state index is 13.6. The number of nitrogens with one attached hydrogen (secondary N) is 1. The van der Waals surface area contributed by atoms with E-state index in [0.717, 1.165) is 28.6 Å². The third-order valence-corrected chi connectivity index (χ3v) is 9.75. The molecule has 2 heterocycles. The van der Waals surface area contributed by atoms with Gasteiger partial charge in [0.25, 0.3) is 0 Å². The summed E-state index contributed by atoms with van der Waals surface area (Å²) in [6.07, 6.45) is 3.58. The lowest BCUT2D eigenvalue weighted by Crippen LogP contribution is -2.55. The van der Waals surface area contributed by atoms with Crippen molar-refractivity contribution < 1.29 is 37.3 Å². The first-order chi connectivity index (χ1) is 22.2. The van der Waals surface area contributed by atoms with Gasteiger partial charge in [-0.1, -0.05) is 48.5 Å². The van der Waals surface area contributed by atoms with Crippen LogP contribution >= 0.6 is 0 Å². The molecule has 0 aromatic heterocycles. The number of aryl methyl sites for hydroxylation is 2. The van der Waals surface area contributed by atoms with Crippen LogP contribution in [0.3, 0.4) is 0 Å². The van der Waals surface area contributed by atoms with E-state index in [1.54, 1.807) is 17.0 Å². The molecule has 254 valence electrons. The van der Waals surface area contributed by atoms with Gasteiger partial charge in [-0.25, -0.2) is 17.5 Å². The molecule has 0 saturated carbocycles. The van der Waals surface area contributed by atoms with Gasteiger partial charge in [-0.2, -0.15) is 0 Å². The lowest BCUT2D eigenvalue weighted by atomic mass is 9.78. The molecule has 0 radical (unpaired) electrons. The Balaban J connectivity index is 1.28. The summed E-state index contributed by atoms with van der Waals surface area (Å²) in [4.78, 5) is 15.4. The van der Waals surface area contributed by atoms with Crippen LogP contribution in [0.1, 0.15) is 73.9 Å². The summed E-state index contributed by atoms with van der Waals surface area (Å²) in [7, 11) is -3.23. The first kappa shape index (κ1) is 35.1. The number of aliphatic hydroxyl groups excluding tert-OH is 1. The summed E-state index contributed by atoms with van der Waals surface area (Å²) in [5.41, 5.74) is 3.36. The second kappa shape index (κ2) is 14.5. The van der Waals surface area contributed by atoms with E-state index in [-0.39, 0.29) is 36.9 Å². The number of amides is 1. The maximum Gasteiger partial charge on any atom is 0.233 e. The zero-order chi connectivity index (χ0) is 33.8.